The van der Waals surface area contributed by atoms with Crippen molar-refractivity contribution in [1.29, 1.82) is 0 Å². The topological polar surface area (TPSA) is 46.3 Å². The fourth-order valence-corrected chi connectivity index (χ4v) is 0.829. The summed E-state index contributed by atoms with van der Waals surface area (Å²) in [5.74, 6) is 0. The molecule has 1 atom stereocenters. The second-order valence-corrected chi connectivity index (χ2v) is 2.59. The standard InChI is InChI=1S/C7H16N2O/c1-4-5-6(2)9(3)7(8)10/h6H,4-5H2,1-3H3,(H2,8,10). The molecule has 0 aromatic rings. The van der Waals surface area contributed by atoms with Crippen molar-refractivity contribution in [3.8, 4) is 0 Å². The van der Waals surface area contributed by atoms with Gasteiger partial charge in [-0.1, -0.05) is 13.3 Å². The smallest absolute Gasteiger partial charge is 0.314 e. The Bertz CT molecular complexity index is 114. The van der Waals surface area contributed by atoms with E-state index in [1.54, 1.807) is 11.9 Å². The summed E-state index contributed by atoms with van der Waals surface area (Å²) in [5, 5.41) is 0. The van der Waals surface area contributed by atoms with Crippen LogP contribution in [0.1, 0.15) is 26.7 Å². The van der Waals surface area contributed by atoms with Gasteiger partial charge in [0.15, 0.2) is 0 Å². The van der Waals surface area contributed by atoms with Gasteiger partial charge < -0.3 is 10.6 Å². The van der Waals surface area contributed by atoms with Crippen LogP contribution >= 0.6 is 0 Å². The molecule has 2 N–H and O–H groups in total. The Hall–Kier alpha value is -0.730. The van der Waals surface area contributed by atoms with Crippen LogP contribution in [0, 0.1) is 0 Å². The highest BCUT2D eigenvalue weighted by atomic mass is 16.2. The van der Waals surface area contributed by atoms with E-state index in [1.807, 2.05) is 6.92 Å². The highest BCUT2D eigenvalue weighted by molar-refractivity contribution is 5.71. The first-order chi connectivity index (χ1) is 4.59. The van der Waals surface area contributed by atoms with Gasteiger partial charge in [0.25, 0.3) is 0 Å². The quantitative estimate of drug-likeness (QED) is 0.635. The zero-order valence-electron chi connectivity index (χ0n) is 6.92. The van der Waals surface area contributed by atoms with Gasteiger partial charge in [0.1, 0.15) is 0 Å². The van der Waals surface area contributed by atoms with Gasteiger partial charge in [-0.15, -0.1) is 0 Å². The van der Waals surface area contributed by atoms with Crippen LogP contribution in [0.15, 0.2) is 0 Å². The fourth-order valence-electron chi connectivity index (χ4n) is 0.829. The summed E-state index contributed by atoms with van der Waals surface area (Å²) >= 11 is 0. The van der Waals surface area contributed by atoms with E-state index in [-0.39, 0.29) is 12.1 Å². The number of hydrogen-bond donors (Lipinski definition) is 1. The van der Waals surface area contributed by atoms with E-state index in [9.17, 15) is 4.79 Å². The molecule has 10 heavy (non-hydrogen) atoms. The average Bonchev–Trinajstić information content (AvgIpc) is 1.87. The van der Waals surface area contributed by atoms with E-state index in [4.69, 9.17) is 5.73 Å². The first kappa shape index (κ1) is 9.27. The van der Waals surface area contributed by atoms with Crippen molar-refractivity contribution in [2.24, 2.45) is 5.73 Å². The van der Waals surface area contributed by atoms with Gasteiger partial charge >= 0.3 is 6.03 Å². The monoisotopic (exact) mass is 144 g/mol. The predicted molar refractivity (Wildman–Crippen MR) is 41.7 cm³/mol. The summed E-state index contributed by atoms with van der Waals surface area (Å²) in [6, 6.07) is -0.0801. The average molecular weight is 144 g/mol. The van der Waals surface area contributed by atoms with Crippen LogP contribution in [0.25, 0.3) is 0 Å². The number of amides is 2. The van der Waals surface area contributed by atoms with Crippen LogP contribution in [0.5, 0.6) is 0 Å². The second kappa shape index (κ2) is 4.14. The van der Waals surface area contributed by atoms with Gasteiger partial charge in [0, 0.05) is 13.1 Å². The third-order valence-electron chi connectivity index (χ3n) is 1.72. The summed E-state index contributed by atoms with van der Waals surface area (Å²) in [5.41, 5.74) is 5.05. The first-order valence-electron chi connectivity index (χ1n) is 3.61. The Labute approximate surface area is 62.2 Å². The van der Waals surface area contributed by atoms with Crippen molar-refractivity contribution in [1.82, 2.24) is 4.90 Å². The molecule has 0 saturated carbocycles. The maximum absolute atomic E-state index is 10.6. The minimum atomic E-state index is -0.346. The molecule has 0 saturated heterocycles. The number of hydrogen-bond acceptors (Lipinski definition) is 1. The number of carbonyl (C=O) groups excluding carboxylic acids is 1. The number of nitrogens with zero attached hydrogens (tertiary/aromatic N) is 1. The largest absolute Gasteiger partial charge is 0.351 e. The number of primary amides is 1. The molecule has 0 fully saturated rings. The summed E-state index contributed by atoms with van der Waals surface area (Å²) in [6.07, 6.45) is 2.10. The predicted octanol–water partition coefficient (Wildman–Crippen LogP) is 1.19. The Balaban J connectivity index is 3.69. The van der Waals surface area contributed by atoms with Crippen molar-refractivity contribution < 1.29 is 4.79 Å². The van der Waals surface area contributed by atoms with Gasteiger partial charge in [-0.3, -0.25) is 0 Å². The molecule has 0 aromatic carbocycles. The molecule has 0 aromatic heterocycles. The number of nitrogens with two attached hydrogens (primary N) is 1. The van der Waals surface area contributed by atoms with Crippen LogP contribution in [0.3, 0.4) is 0 Å². The van der Waals surface area contributed by atoms with E-state index in [2.05, 4.69) is 6.92 Å². The fraction of sp³-hybridized carbons (Fsp3) is 0.857. The lowest BCUT2D eigenvalue weighted by molar-refractivity contribution is 0.200. The maximum atomic E-state index is 10.6. The second-order valence-electron chi connectivity index (χ2n) is 2.59. The minimum absolute atomic E-state index is 0.266. The SMILES string of the molecule is CCCC(C)N(C)C(N)=O. The normalized spacial score (nSPS) is 12.7. The number of urea groups is 1. The van der Waals surface area contributed by atoms with Crippen LogP contribution in [-0.4, -0.2) is 24.0 Å². The van der Waals surface area contributed by atoms with Crippen LogP contribution < -0.4 is 5.73 Å². The van der Waals surface area contributed by atoms with Gasteiger partial charge in [0.05, 0.1) is 0 Å². The summed E-state index contributed by atoms with van der Waals surface area (Å²) in [7, 11) is 1.72. The van der Waals surface area contributed by atoms with Crippen molar-refractivity contribution in [2.45, 2.75) is 32.7 Å². The van der Waals surface area contributed by atoms with Crippen LogP contribution in [0.2, 0.25) is 0 Å². The van der Waals surface area contributed by atoms with Gasteiger partial charge in [-0.2, -0.15) is 0 Å². The first-order valence-corrected chi connectivity index (χ1v) is 3.61. The molecule has 0 radical (unpaired) electrons. The third kappa shape index (κ3) is 2.71. The van der Waals surface area contributed by atoms with Crippen LogP contribution in [-0.2, 0) is 0 Å². The zero-order chi connectivity index (χ0) is 8.15. The molecule has 1 unspecified atom stereocenters. The Morgan fingerprint density at radius 2 is 2.20 bits per heavy atom. The number of carbonyl (C=O) groups is 1. The van der Waals surface area contributed by atoms with Gasteiger partial charge in [-0.05, 0) is 13.3 Å². The molecular formula is C7H16N2O. The zero-order valence-corrected chi connectivity index (χ0v) is 6.92. The van der Waals surface area contributed by atoms with Gasteiger partial charge in [0.2, 0.25) is 0 Å². The molecule has 0 aliphatic rings. The lowest BCUT2D eigenvalue weighted by Gasteiger charge is -2.21. The molecule has 2 amide bonds. The summed E-state index contributed by atoms with van der Waals surface area (Å²) in [6.45, 7) is 4.08. The summed E-state index contributed by atoms with van der Waals surface area (Å²) in [4.78, 5) is 12.1. The minimum Gasteiger partial charge on any atom is -0.351 e. The molecule has 0 aliphatic heterocycles. The van der Waals surface area contributed by atoms with E-state index in [1.165, 1.54) is 0 Å². The van der Waals surface area contributed by atoms with E-state index >= 15 is 0 Å². The number of rotatable bonds is 3. The highest BCUT2D eigenvalue weighted by Crippen LogP contribution is 2.02. The third-order valence-corrected chi connectivity index (χ3v) is 1.72. The highest BCUT2D eigenvalue weighted by Gasteiger charge is 2.10. The maximum Gasteiger partial charge on any atom is 0.314 e. The van der Waals surface area contributed by atoms with Crippen molar-refractivity contribution >= 4 is 6.03 Å². The lowest BCUT2D eigenvalue weighted by atomic mass is 10.2. The van der Waals surface area contributed by atoms with E-state index < -0.39 is 0 Å². The van der Waals surface area contributed by atoms with E-state index in [0.717, 1.165) is 12.8 Å². The van der Waals surface area contributed by atoms with Gasteiger partial charge in [-0.25, -0.2) is 4.79 Å². The molecule has 0 aliphatic carbocycles. The molecule has 60 valence electrons. The molecular weight excluding hydrogens is 128 g/mol. The van der Waals surface area contributed by atoms with Crippen LogP contribution in [0.4, 0.5) is 4.79 Å². The van der Waals surface area contributed by atoms with Crippen molar-refractivity contribution in [3.05, 3.63) is 0 Å². The molecule has 0 spiro atoms. The molecule has 0 heterocycles. The molecule has 0 rings (SSSR count). The molecule has 3 heteroatoms. The molecule has 0 bridgehead atoms. The van der Waals surface area contributed by atoms with Crippen molar-refractivity contribution in [2.75, 3.05) is 7.05 Å². The Morgan fingerprint density at radius 3 is 2.50 bits per heavy atom. The lowest BCUT2D eigenvalue weighted by Crippen LogP contribution is -2.38. The summed E-state index contributed by atoms with van der Waals surface area (Å²) < 4.78 is 0. The van der Waals surface area contributed by atoms with E-state index in [0.29, 0.717) is 0 Å². The Kier molecular flexibility index (Phi) is 3.84. The Morgan fingerprint density at radius 1 is 1.70 bits per heavy atom. The molecule has 3 nitrogen and oxygen atoms in total. The van der Waals surface area contributed by atoms with Crippen molar-refractivity contribution in [3.63, 3.8) is 0 Å².